The van der Waals surface area contributed by atoms with Crippen LogP contribution in [0.15, 0.2) is 36.5 Å². The molecule has 0 radical (unpaired) electrons. The van der Waals surface area contributed by atoms with Crippen molar-refractivity contribution in [1.82, 2.24) is 19.8 Å². The molecule has 24 heavy (non-hydrogen) atoms. The van der Waals surface area contributed by atoms with Crippen LogP contribution in [-0.4, -0.2) is 53.6 Å². The fourth-order valence-electron chi connectivity index (χ4n) is 2.88. The number of hydrogen-bond acceptors (Lipinski definition) is 5. The normalized spacial score (nSPS) is 18.9. The minimum Gasteiger partial charge on any atom is -0.368 e. The predicted octanol–water partition coefficient (Wildman–Crippen LogP) is 2.25. The summed E-state index contributed by atoms with van der Waals surface area (Å²) < 4.78 is 19.2. The summed E-state index contributed by atoms with van der Waals surface area (Å²) in [6, 6.07) is 8.67. The number of halogens is 1. The number of nitrogens with zero attached hydrogens (tertiary/aromatic N) is 4. The molecule has 1 fully saturated rings. The summed E-state index contributed by atoms with van der Waals surface area (Å²) in [6.45, 7) is 3.64. The molecule has 0 aliphatic carbocycles. The van der Waals surface area contributed by atoms with E-state index >= 15 is 0 Å². The van der Waals surface area contributed by atoms with Crippen molar-refractivity contribution < 1.29 is 9.13 Å². The predicted molar refractivity (Wildman–Crippen MR) is 89.8 cm³/mol. The van der Waals surface area contributed by atoms with Crippen molar-refractivity contribution in [3.8, 4) is 0 Å². The van der Waals surface area contributed by atoms with Crippen LogP contribution in [0.25, 0.3) is 0 Å². The van der Waals surface area contributed by atoms with Crippen LogP contribution in [0.1, 0.15) is 23.2 Å². The standard InChI is InChI=1S/C18H23FN4O/c1-22(2)12-16-6-7-20-18(21-16)17-13-23(8-9-24-17)11-14-4-3-5-15(19)10-14/h3-7,10,17H,8-9,11-13H2,1-2H3/t17-/m0/s1. The average molecular weight is 330 g/mol. The first-order chi connectivity index (χ1) is 11.6. The fourth-order valence-corrected chi connectivity index (χ4v) is 2.88. The molecule has 1 aliphatic heterocycles. The topological polar surface area (TPSA) is 41.5 Å². The van der Waals surface area contributed by atoms with Crippen molar-refractivity contribution >= 4 is 0 Å². The van der Waals surface area contributed by atoms with E-state index < -0.39 is 0 Å². The second kappa shape index (κ2) is 7.79. The Labute approximate surface area is 142 Å². The van der Waals surface area contributed by atoms with Crippen LogP contribution < -0.4 is 0 Å². The van der Waals surface area contributed by atoms with Crippen LogP contribution in [-0.2, 0) is 17.8 Å². The van der Waals surface area contributed by atoms with Gasteiger partial charge in [-0.15, -0.1) is 0 Å². The van der Waals surface area contributed by atoms with E-state index in [1.165, 1.54) is 6.07 Å². The fraction of sp³-hybridized carbons (Fsp3) is 0.444. The van der Waals surface area contributed by atoms with Crippen molar-refractivity contribution in [1.29, 1.82) is 0 Å². The average Bonchev–Trinajstić information content (AvgIpc) is 2.55. The SMILES string of the molecule is CN(C)Cc1ccnc([C@@H]2CN(Cc3cccc(F)c3)CCO2)n1. The van der Waals surface area contributed by atoms with Gasteiger partial charge in [-0.2, -0.15) is 0 Å². The van der Waals surface area contributed by atoms with E-state index in [0.717, 1.165) is 30.2 Å². The van der Waals surface area contributed by atoms with Gasteiger partial charge >= 0.3 is 0 Å². The lowest BCUT2D eigenvalue weighted by molar-refractivity contribution is -0.0373. The summed E-state index contributed by atoms with van der Waals surface area (Å²) >= 11 is 0. The number of benzene rings is 1. The third kappa shape index (κ3) is 4.56. The molecule has 2 aromatic rings. The van der Waals surface area contributed by atoms with Gasteiger partial charge in [0.2, 0.25) is 0 Å². The molecule has 3 rings (SSSR count). The summed E-state index contributed by atoms with van der Waals surface area (Å²) in [6.07, 6.45) is 1.64. The Kier molecular flexibility index (Phi) is 5.50. The number of rotatable bonds is 5. The van der Waals surface area contributed by atoms with Gasteiger partial charge in [0.1, 0.15) is 11.9 Å². The Balaban J connectivity index is 1.67. The molecule has 1 saturated heterocycles. The molecule has 6 heteroatoms. The van der Waals surface area contributed by atoms with Gasteiger partial charge in [-0.25, -0.2) is 14.4 Å². The Morgan fingerprint density at radius 2 is 2.21 bits per heavy atom. The largest absolute Gasteiger partial charge is 0.368 e. The zero-order chi connectivity index (χ0) is 16.9. The third-order valence-electron chi connectivity index (χ3n) is 3.94. The second-order valence-electron chi connectivity index (χ2n) is 6.37. The highest BCUT2D eigenvalue weighted by Gasteiger charge is 2.24. The summed E-state index contributed by atoms with van der Waals surface area (Å²) in [7, 11) is 4.03. The van der Waals surface area contributed by atoms with Crippen molar-refractivity contribution in [2.24, 2.45) is 0 Å². The van der Waals surface area contributed by atoms with Crippen molar-refractivity contribution in [2.45, 2.75) is 19.2 Å². The first-order valence-corrected chi connectivity index (χ1v) is 8.15. The Bertz CT molecular complexity index is 680. The number of hydrogen-bond donors (Lipinski definition) is 0. The van der Waals surface area contributed by atoms with Crippen molar-refractivity contribution in [3.63, 3.8) is 0 Å². The summed E-state index contributed by atoms with van der Waals surface area (Å²) in [5, 5.41) is 0. The second-order valence-corrected chi connectivity index (χ2v) is 6.37. The highest BCUT2D eigenvalue weighted by Crippen LogP contribution is 2.21. The highest BCUT2D eigenvalue weighted by atomic mass is 19.1. The third-order valence-corrected chi connectivity index (χ3v) is 3.94. The monoisotopic (exact) mass is 330 g/mol. The number of aromatic nitrogens is 2. The Morgan fingerprint density at radius 1 is 1.33 bits per heavy atom. The van der Waals surface area contributed by atoms with E-state index in [1.807, 2.05) is 26.2 Å². The van der Waals surface area contributed by atoms with Gasteiger partial charge in [-0.3, -0.25) is 4.90 Å². The number of morpholine rings is 1. The molecule has 1 atom stereocenters. The molecule has 1 aromatic heterocycles. The van der Waals surface area contributed by atoms with E-state index in [9.17, 15) is 4.39 Å². The zero-order valence-corrected chi connectivity index (χ0v) is 14.2. The van der Waals surface area contributed by atoms with Crippen LogP contribution in [0.5, 0.6) is 0 Å². The first-order valence-electron chi connectivity index (χ1n) is 8.15. The van der Waals surface area contributed by atoms with Crippen LogP contribution >= 0.6 is 0 Å². The molecule has 0 amide bonds. The molecule has 0 saturated carbocycles. The highest BCUT2D eigenvalue weighted by molar-refractivity contribution is 5.16. The van der Waals surface area contributed by atoms with E-state index in [2.05, 4.69) is 19.8 Å². The lowest BCUT2D eigenvalue weighted by Crippen LogP contribution is -2.38. The van der Waals surface area contributed by atoms with Crippen molar-refractivity contribution in [3.05, 3.63) is 59.4 Å². The van der Waals surface area contributed by atoms with Gasteiger partial charge in [0, 0.05) is 32.4 Å². The Hall–Kier alpha value is -1.89. The van der Waals surface area contributed by atoms with E-state index in [4.69, 9.17) is 4.74 Å². The molecular weight excluding hydrogens is 307 g/mol. The molecule has 128 valence electrons. The van der Waals surface area contributed by atoms with E-state index in [1.54, 1.807) is 18.3 Å². The molecule has 1 aliphatic rings. The minimum absolute atomic E-state index is 0.144. The van der Waals surface area contributed by atoms with E-state index in [-0.39, 0.29) is 11.9 Å². The van der Waals surface area contributed by atoms with Crippen LogP contribution in [0.4, 0.5) is 4.39 Å². The molecule has 0 N–H and O–H groups in total. The van der Waals surface area contributed by atoms with Gasteiger partial charge in [-0.05, 0) is 37.9 Å². The number of ether oxygens (including phenoxy) is 1. The van der Waals surface area contributed by atoms with E-state index in [0.29, 0.717) is 19.7 Å². The van der Waals surface area contributed by atoms with Gasteiger partial charge in [0.25, 0.3) is 0 Å². The van der Waals surface area contributed by atoms with Crippen LogP contribution in [0.3, 0.4) is 0 Å². The smallest absolute Gasteiger partial charge is 0.158 e. The van der Waals surface area contributed by atoms with Crippen molar-refractivity contribution in [2.75, 3.05) is 33.8 Å². The molecular formula is C18H23FN4O. The van der Waals surface area contributed by atoms with Crippen LogP contribution in [0, 0.1) is 5.82 Å². The van der Waals surface area contributed by atoms with Gasteiger partial charge in [0.05, 0.1) is 12.3 Å². The maximum absolute atomic E-state index is 13.3. The summed E-state index contributed by atoms with van der Waals surface area (Å²) in [5.41, 5.74) is 1.95. The summed E-state index contributed by atoms with van der Waals surface area (Å²) in [5.74, 6) is 0.523. The molecule has 5 nitrogen and oxygen atoms in total. The van der Waals surface area contributed by atoms with Gasteiger partial charge in [0.15, 0.2) is 5.82 Å². The quantitative estimate of drug-likeness (QED) is 0.841. The molecule has 0 bridgehead atoms. The molecule has 2 heterocycles. The van der Waals surface area contributed by atoms with Gasteiger partial charge < -0.3 is 9.64 Å². The molecule has 1 aromatic carbocycles. The maximum Gasteiger partial charge on any atom is 0.158 e. The zero-order valence-electron chi connectivity index (χ0n) is 14.2. The van der Waals surface area contributed by atoms with Gasteiger partial charge in [-0.1, -0.05) is 12.1 Å². The lowest BCUT2D eigenvalue weighted by Gasteiger charge is -2.32. The first kappa shape index (κ1) is 17.0. The minimum atomic E-state index is -0.197. The Morgan fingerprint density at radius 3 is 3.00 bits per heavy atom. The summed E-state index contributed by atoms with van der Waals surface area (Å²) in [4.78, 5) is 13.3. The molecule has 0 unspecified atom stereocenters. The lowest BCUT2D eigenvalue weighted by atomic mass is 10.1. The maximum atomic E-state index is 13.3. The molecule has 0 spiro atoms. The van der Waals surface area contributed by atoms with Crippen LogP contribution in [0.2, 0.25) is 0 Å².